The average molecular weight is 407 g/mol. The zero-order chi connectivity index (χ0) is 18.5. The summed E-state index contributed by atoms with van der Waals surface area (Å²) in [6.07, 6.45) is 1.60. The molecule has 26 heavy (non-hydrogen) atoms. The summed E-state index contributed by atoms with van der Waals surface area (Å²) in [5.74, 6) is 0.132. The van der Waals surface area contributed by atoms with Gasteiger partial charge in [-0.2, -0.15) is 0 Å². The summed E-state index contributed by atoms with van der Waals surface area (Å²) in [6, 6.07) is 14.7. The maximum Gasteiger partial charge on any atom is 0.230 e. The number of carbonyl (C=O) groups excluding carboxylic acids is 1. The van der Waals surface area contributed by atoms with Crippen LogP contribution in [0, 0.1) is 0 Å². The van der Waals surface area contributed by atoms with Gasteiger partial charge in [-0.3, -0.25) is 9.36 Å². The van der Waals surface area contributed by atoms with Gasteiger partial charge in [-0.1, -0.05) is 53.2 Å². The van der Waals surface area contributed by atoms with E-state index in [2.05, 4.69) is 15.5 Å². The molecule has 0 saturated heterocycles. The third-order valence-corrected chi connectivity index (χ3v) is 5.07. The highest BCUT2D eigenvalue weighted by molar-refractivity contribution is 7.99. The van der Waals surface area contributed by atoms with E-state index in [-0.39, 0.29) is 17.7 Å². The zero-order valence-electron chi connectivity index (χ0n) is 13.9. The highest BCUT2D eigenvalue weighted by Gasteiger charge is 2.13. The molecule has 1 heterocycles. The van der Waals surface area contributed by atoms with Crippen LogP contribution in [0.15, 0.2) is 60.0 Å². The smallest absolute Gasteiger partial charge is 0.230 e. The molecule has 1 N–H and O–H groups in total. The van der Waals surface area contributed by atoms with Crippen LogP contribution in [-0.2, 0) is 4.79 Å². The molecule has 0 fully saturated rings. The fourth-order valence-electron chi connectivity index (χ4n) is 2.40. The van der Waals surface area contributed by atoms with Gasteiger partial charge < -0.3 is 5.32 Å². The van der Waals surface area contributed by atoms with Crippen LogP contribution in [0.4, 0.5) is 0 Å². The van der Waals surface area contributed by atoms with Crippen LogP contribution >= 0.6 is 35.0 Å². The number of hydrogen-bond donors (Lipinski definition) is 1. The molecule has 5 nitrogen and oxygen atoms in total. The van der Waals surface area contributed by atoms with E-state index in [1.54, 1.807) is 23.0 Å². The average Bonchev–Trinajstić information content (AvgIpc) is 3.08. The van der Waals surface area contributed by atoms with Crippen LogP contribution in [0.2, 0.25) is 10.0 Å². The molecular weight excluding hydrogens is 391 g/mol. The maximum absolute atomic E-state index is 12.3. The molecule has 0 radical (unpaired) electrons. The van der Waals surface area contributed by atoms with Crippen molar-refractivity contribution in [3.05, 3.63) is 70.5 Å². The molecule has 8 heteroatoms. The second-order valence-electron chi connectivity index (χ2n) is 5.60. The van der Waals surface area contributed by atoms with E-state index in [0.29, 0.717) is 15.2 Å². The molecule has 3 aromatic rings. The zero-order valence-corrected chi connectivity index (χ0v) is 16.2. The first-order valence-electron chi connectivity index (χ1n) is 7.86. The molecule has 0 bridgehead atoms. The molecule has 134 valence electrons. The van der Waals surface area contributed by atoms with Crippen LogP contribution in [0.1, 0.15) is 18.5 Å². The van der Waals surface area contributed by atoms with Gasteiger partial charge >= 0.3 is 0 Å². The predicted molar refractivity (Wildman–Crippen MR) is 105 cm³/mol. The lowest BCUT2D eigenvalue weighted by Crippen LogP contribution is -2.28. The predicted octanol–water partition coefficient (Wildman–Crippen LogP) is 4.54. The molecule has 0 saturated carbocycles. The van der Waals surface area contributed by atoms with Crippen molar-refractivity contribution < 1.29 is 4.79 Å². The molecule has 2 aromatic carbocycles. The van der Waals surface area contributed by atoms with Crippen LogP contribution < -0.4 is 5.32 Å². The number of nitrogens with zero attached hydrogens (tertiary/aromatic N) is 3. The van der Waals surface area contributed by atoms with Crippen molar-refractivity contribution in [1.82, 2.24) is 20.1 Å². The minimum absolute atomic E-state index is 0.0943. The monoisotopic (exact) mass is 406 g/mol. The van der Waals surface area contributed by atoms with Crippen LogP contribution in [0.25, 0.3) is 5.69 Å². The molecule has 0 aliphatic carbocycles. The lowest BCUT2D eigenvalue weighted by Gasteiger charge is -2.14. The Labute approximate surface area is 165 Å². The largest absolute Gasteiger partial charge is 0.349 e. The molecule has 3 rings (SSSR count). The third-order valence-electron chi connectivity index (χ3n) is 3.66. The lowest BCUT2D eigenvalue weighted by molar-refractivity contribution is -0.119. The van der Waals surface area contributed by atoms with E-state index in [1.165, 1.54) is 11.8 Å². The van der Waals surface area contributed by atoms with E-state index in [9.17, 15) is 4.79 Å². The van der Waals surface area contributed by atoms with Gasteiger partial charge in [0.1, 0.15) is 6.33 Å². The molecule has 0 aliphatic heterocycles. The highest BCUT2D eigenvalue weighted by atomic mass is 35.5. The topological polar surface area (TPSA) is 59.8 Å². The number of thioether (sulfide) groups is 1. The molecule has 1 unspecified atom stereocenters. The first-order chi connectivity index (χ1) is 12.5. The number of rotatable bonds is 6. The Balaban J connectivity index is 1.61. The summed E-state index contributed by atoms with van der Waals surface area (Å²) in [6.45, 7) is 1.92. The molecule has 0 spiro atoms. The van der Waals surface area contributed by atoms with Crippen LogP contribution in [0.3, 0.4) is 0 Å². The van der Waals surface area contributed by atoms with Gasteiger partial charge in [0.2, 0.25) is 5.91 Å². The summed E-state index contributed by atoms with van der Waals surface area (Å²) in [5, 5.41) is 12.9. The molecule has 0 aliphatic rings. The van der Waals surface area contributed by atoms with Gasteiger partial charge in [-0.15, -0.1) is 10.2 Å². The standard InChI is InChI=1S/C18H16Cl2N4OS/c1-12(13-4-2-5-14(19)8-13)22-17(25)10-26-18-23-21-11-24(18)16-7-3-6-15(20)9-16/h2-9,11-12H,10H2,1H3,(H,22,25). The van der Waals surface area contributed by atoms with Crippen molar-refractivity contribution in [3.63, 3.8) is 0 Å². The summed E-state index contributed by atoms with van der Waals surface area (Å²) >= 11 is 13.3. The number of carbonyl (C=O) groups is 1. The van der Waals surface area contributed by atoms with E-state index in [4.69, 9.17) is 23.2 Å². The van der Waals surface area contributed by atoms with E-state index in [1.807, 2.05) is 43.3 Å². The molecule has 1 aromatic heterocycles. The van der Waals surface area contributed by atoms with Gasteiger partial charge in [-0.25, -0.2) is 0 Å². The highest BCUT2D eigenvalue weighted by Crippen LogP contribution is 2.22. The Morgan fingerprint density at radius 2 is 1.92 bits per heavy atom. The first kappa shape index (κ1) is 18.8. The number of aromatic nitrogens is 3. The van der Waals surface area contributed by atoms with Gasteiger partial charge in [0.25, 0.3) is 0 Å². The van der Waals surface area contributed by atoms with E-state index >= 15 is 0 Å². The summed E-state index contributed by atoms with van der Waals surface area (Å²) in [4.78, 5) is 12.3. The number of amides is 1. The Morgan fingerprint density at radius 1 is 1.19 bits per heavy atom. The Kier molecular flexibility index (Phi) is 6.19. The van der Waals surface area contributed by atoms with Crippen LogP contribution in [-0.4, -0.2) is 26.4 Å². The quantitative estimate of drug-likeness (QED) is 0.610. The van der Waals surface area contributed by atoms with Gasteiger partial charge in [-0.05, 0) is 42.8 Å². The maximum atomic E-state index is 12.3. The molecule has 1 atom stereocenters. The number of nitrogens with one attached hydrogen (secondary N) is 1. The van der Waals surface area contributed by atoms with E-state index in [0.717, 1.165) is 11.3 Å². The minimum atomic E-state index is -0.132. The molecular formula is C18H16Cl2N4OS. The van der Waals surface area contributed by atoms with Gasteiger partial charge in [0.15, 0.2) is 5.16 Å². The first-order valence-corrected chi connectivity index (χ1v) is 9.60. The van der Waals surface area contributed by atoms with E-state index < -0.39 is 0 Å². The summed E-state index contributed by atoms with van der Waals surface area (Å²) < 4.78 is 1.80. The van der Waals surface area contributed by atoms with Crippen molar-refractivity contribution in [3.8, 4) is 5.69 Å². The Morgan fingerprint density at radius 3 is 2.65 bits per heavy atom. The summed E-state index contributed by atoms with van der Waals surface area (Å²) in [7, 11) is 0. The Hall–Kier alpha value is -2.02. The molecule has 1 amide bonds. The minimum Gasteiger partial charge on any atom is -0.349 e. The van der Waals surface area contributed by atoms with Crippen molar-refractivity contribution in [2.24, 2.45) is 0 Å². The second kappa shape index (κ2) is 8.58. The number of hydrogen-bond acceptors (Lipinski definition) is 4. The third kappa shape index (κ3) is 4.78. The normalized spacial score (nSPS) is 12.0. The van der Waals surface area contributed by atoms with Crippen molar-refractivity contribution in [1.29, 1.82) is 0 Å². The van der Waals surface area contributed by atoms with Crippen LogP contribution in [0.5, 0.6) is 0 Å². The second-order valence-corrected chi connectivity index (χ2v) is 7.41. The summed E-state index contributed by atoms with van der Waals surface area (Å²) in [5.41, 5.74) is 1.80. The van der Waals surface area contributed by atoms with Gasteiger partial charge in [0, 0.05) is 10.0 Å². The van der Waals surface area contributed by atoms with Crippen molar-refractivity contribution >= 4 is 40.9 Å². The van der Waals surface area contributed by atoms with Crippen molar-refractivity contribution in [2.75, 3.05) is 5.75 Å². The number of benzene rings is 2. The lowest BCUT2D eigenvalue weighted by atomic mass is 10.1. The fourth-order valence-corrected chi connectivity index (χ4v) is 3.52. The fraction of sp³-hybridized carbons (Fsp3) is 0.167. The van der Waals surface area contributed by atoms with Gasteiger partial charge in [0.05, 0.1) is 17.5 Å². The van der Waals surface area contributed by atoms with Crippen molar-refractivity contribution in [2.45, 2.75) is 18.1 Å². The number of halogens is 2. The SMILES string of the molecule is CC(NC(=O)CSc1nncn1-c1cccc(Cl)c1)c1cccc(Cl)c1. The Bertz CT molecular complexity index is 915.